The minimum absolute atomic E-state index is 0.00975. The molecule has 0 spiro atoms. The molecule has 0 saturated carbocycles. The Balaban J connectivity index is 1.77. The van der Waals surface area contributed by atoms with Crippen molar-refractivity contribution in [3.63, 3.8) is 0 Å². The molecule has 0 aliphatic carbocycles. The maximum absolute atomic E-state index is 13.2. The zero-order chi connectivity index (χ0) is 21.7. The fourth-order valence-electron chi connectivity index (χ4n) is 3.09. The number of carbonyl (C=O) groups excluding carboxylic acids is 1. The highest BCUT2D eigenvalue weighted by atomic mass is 32.2. The van der Waals surface area contributed by atoms with Gasteiger partial charge in [-0.15, -0.1) is 0 Å². The van der Waals surface area contributed by atoms with Gasteiger partial charge in [0, 0.05) is 24.5 Å². The molecular formula is C19H23N3O7S. The summed E-state index contributed by atoms with van der Waals surface area (Å²) in [5, 5.41) is 8.72. The van der Waals surface area contributed by atoms with Gasteiger partial charge in [-0.1, -0.05) is 6.07 Å². The summed E-state index contributed by atoms with van der Waals surface area (Å²) < 4.78 is 43.7. The highest BCUT2D eigenvalue weighted by Gasteiger charge is 2.43. The summed E-state index contributed by atoms with van der Waals surface area (Å²) in [6.45, 7) is 3.58. The van der Waals surface area contributed by atoms with Crippen LogP contribution < -0.4 is 10.2 Å². The number of benzene rings is 1. The molecule has 3 atom stereocenters. The minimum Gasteiger partial charge on any atom is -0.489 e. The number of nitrogens with zero attached hydrogens (tertiary/aromatic N) is 2. The van der Waals surface area contributed by atoms with Crippen LogP contribution in [0, 0.1) is 0 Å². The van der Waals surface area contributed by atoms with E-state index in [1.165, 1.54) is 17.6 Å². The van der Waals surface area contributed by atoms with Gasteiger partial charge >= 0.3 is 6.09 Å². The number of morpholine rings is 1. The van der Waals surface area contributed by atoms with Gasteiger partial charge in [0.15, 0.2) is 6.23 Å². The van der Waals surface area contributed by atoms with Gasteiger partial charge in [-0.25, -0.2) is 18.7 Å². The number of nitrogens with one attached hydrogen (secondary N) is 1. The second kappa shape index (κ2) is 9.39. The van der Waals surface area contributed by atoms with Crippen LogP contribution >= 0.6 is 0 Å². The molecule has 1 aromatic carbocycles. The van der Waals surface area contributed by atoms with Crippen LogP contribution in [0.25, 0.3) is 0 Å². The lowest BCUT2D eigenvalue weighted by atomic mass is 10.2. The highest BCUT2D eigenvalue weighted by Crippen LogP contribution is 2.28. The number of amides is 1. The fourth-order valence-corrected chi connectivity index (χ4v) is 4.73. The van der Waals surface area contributed by atoms with E-state index in [1.807, 2.05) is 6.07 Å². The van der Waals surface area contributed by atoms with Crippen molar-refractivity contribution < 1.29 is 32.6 Å². The summed E-state index contributed by atoms with van der Waals surface area (Å²) in [5.74, 6) is 0.494. The predicted molar refractivity (Wildman–Crippen MR) is 104 cm³/mol. The summed E-state index contributed by atoms with van der Waals surface area (Å²) in [6, 6.07) is 9.60. The molecule has 0 bridgehead atoms. The second-order valence-corrected chi connectivity index (χ2v) is 8.65. The molecule has 10 nitrogen and oxygen atoms in total. The van der Waals surface area contributed by atoms with Gasteiger partial charge in [-0.3, -0.25) is 10.2 Å². The Kier molecular flexibility index (Phi) is 6.87. The number of pyridine rings is 1. The molecule has 11 heteroatoms. The third-order valence-electron chi connectivity index (χ3n) is 4.45. The third kappa shape index (κ3) is 5.05. The van der Waals surface area contributed by atoms with Gasteiger partial charge in [0.1, 0.15) is 18.5 Å². The van der Waals surface area contributed by atoms with Crippen molar-refractivity contribution in [2.75, 3.05) is 6.54 Å². The lowest BCUT2D eigenvalue weighted by Crippen LogP contribution is -2.57. The third-order valence-corrected chi connectivity index (χ3v) is 6.29. The number of aromatic nitrogens is 1. The number of hydrogen-bond acceptors (Lipinski definition) is 8. The van der Waals surface area contributed by atoms with Gasteiger partial charge in [-0.05, 0) is 44.2 Å². The molecule has 0 unspecified atom stereocenters. The Morgan fingerprint density at radius 2 is 2.03 bits per heavy atom. The Bertz CT molecular complexity index is 954. The van der Waals surface area contributed by atoms with Crippen molar-refractivity contribution in [1.82, 2.24) is 14.8 Å². The number of rotatable bonds is 6. The molecule has 1 amide bonds. The van der Waals surface area contributed by atoms with Gasteiger partial charge in [0.05, 0.1) is 11.0 Å². The molecule has 1 aliphatic rings. The standard InChI is InChI=1S/C19H23N3O7S/c1-13-11-22(18(14(2)28-13)29-19(23)21-24)30(25,26)17-7-5-16(6-8-17)27-12-15-4-3-9-20-10-15/h3-10,13-14,18,24H,11-12H2,1-2H3,(H,21,23)/t13-,14-,18+/m0/s1. The van der Waals surface area contributed by atoms with E-state index < -0.39 is 34.6 Å². The monoisotopic (exact) mass is 437 g/mol. The summed E-state index contributed by atoms with van der Waals surface area (Å²) in [7, 11) is -4.01. The fraction of sp³-hybridized carbons (Fsp3) is 0.368. The van der Waals surface area contributed by atoms with E-state index in [4.69, 9.17) is 19.4 Å². The Hall–Kier alpha value is -2.73. The summed E-state index contributed by atoms with van der Waals surface area (Å²) in [6.07, 6.45) is -0.207. The van der Waals surface area contributed by atoms with Crippen molar-refractivity contribution in [2.45, 2.75) is 43.8 Å². The first-order valence-electron chi connectivity index (χ1n) is 9.21. The van der Waals surface area contributed by atoms with Crippen LogP contribution in [-0.2, 0) is 26.1 Å². The van der Waals surface area contributed by atoms with Crippen LogP contribution in [0.1, 0.15) is 19.4 Å². The zero-order valence-electron chi connectivity index (χ0n) is 16.5. The van der Waals surface area contributed by atoms with Crippen molar-refractivity contribution in [1.29, 1.82) is 0 Å². The van der Waals surface area contributed by atoms with Crippen LogP contribution in [-0.4, -0.2) is 54.0 Å². The van der Waals surface area contributed by atoms with Gasteiger partial charge in [0.25, 0.3) is 0 Å². The normalized spacial score (nSPS) is 22.3. The van der Waals surface area contributed by atoms with E-state index >= 15 is 0 Å². The molecule has 2 aromatic rings. The first-order chi connectivity index (χ1) is 14.3. The summed E-state index contributed by atoms with van der Waals surface area (Å²) >= 11 is 0. The number of hydrogen-bond donors (Lipinski definition) is 2. The molecule has 2 heterocycles. The molecule has 2 N–H and O–H groups in total. The smallest absolute Gasteiger partial charge is 0.432 e. The number of hydroxylamine groups is 1. The van der Waals surface area contributed by atoms with E-state index in [0.29, 0.717) is 12.4 Å². The van der Waals surface area contributed by atoms with Crippen LogP contribution in [0.15, 0.2) is 53.7 Å². The van der Waals surface area contributed by atoms with Crippen LogP contribution in [0.2, 0.25) is 0 Å². The maximum Gasteiger partial charge on any atom is 0.432 e. The number of sulfonamides is 1. The van der Waals surface area contributed by atoms with E-state index in [2.05, 4.69) is 4.98 Å². The topological polar surface area (TPSA) is 127 Å². The average molecular weight is 437 g/mol. The number of carbonyl (C=O) groups is 1. The van der Waals surface area contributed by atoms with Crippen LogP contribution in [0.4, 0.5) is 4.79 Å². The second-order valence-electron chi connectivity index (χ2n) is 6.76. The average Bonchev–Trinajstić information content (AvgIpc) is 2.74. The predicted octanol–water partition coefficient (Wildman–Crippen LogP) is 1.90. The molecule has 1 saturated heterocycles. The van der Waals surface area contributed by atoms with Crippen LogP contribution in [0.5, 0.6) is 5.75 Å². The quantitative estimate of drug-likeness (QED) is 0.518. The van der Waals surface area contributed by atoms with Gasteiger partial charge in [0.2, 0.25) is 10.0 Å². The Morgan fingerprint density at radius 1 is 1.30 bits per heavy atom. The first-order valence-corrected chi connectivity index (χ1v) is 10.6. The zero-order valence-corrected chi connectivity index (χ0v) is 17.3. The maximum atomic E-state index is 13.2. The molecule has 0 radical (unpaired) electrons. The Labute approximate surface area is 174 Å². The minimum atomic E-state index is -4.01. The first kappa shape index (κ1) is 22.0. The number of ether oxygens (including phenoxy) is 3. The van der Waals surface area contributed by atoms with Crippen molar-refractivity contribution >= 4 is 16.1 Å². The molecule has 3 rings (SSSR count). The van der Waals surface area contributed by atoms with Crippen molar-refractivity contribution in [3.05, 3.63) is 54.4 Å². The van der Waals surface area contributed by atoms with E-state index in [9.17, 15) is 13.2 Å². The van der Waals surface area contributed by atoms with Gasteiger partial charge < -0.3 is 14.2 Å². The largest absolute Gasteiger partial charge is 0.489 e. The van der Waals surface area contributed by atoms with Gasteiger partial charge in [-0.2, -0.15) is 4.31 Å². The Morgan fingerprint density at radius 3 is 2.67 bits per heavy atom. The lowest BCUT2D eigenvalue weighted by molar-refractivity contribution is -0.151. The van der Waals surface area contributed by atoms with E-state index in [0.717, 1.165) is 9.87 Å². The van der Waals surface area contributed by atoms with E-state index in [-0.39, 0.29) is 11.4 Å². The van der Waals surface area contributed by atoms with Crippen molar-refractivity contribution in [3.8, 4) is 5.75 Å². The molecule has 30 heavy (non-hydrogen) atoms. The van der Waals surface area contributed by atoms with Crippen molar-refractivity contribution in [2.24, 2.45) is 0 Å². The summed E-state index contributed by atoms with van der Waals surface area (Å²) in [4.78, 5) is 15.5. The molecule has 1 fully saturated rings. The molecular weight excluding hydrogens is 414 g/mol. The molecule has 1 aliphatic heterocycles. The van der Waals surface area contributed by atoms with Crippen LogP contribution in [0.3, 0.4) is 0 Å². The highest BCUT2D eigenvalue weighted by molar-refractivity contribution is 7.89. The summed E-state index contributed by atoms with van der Waals surface area (Å²) in [5.41, 5.74) is 2.21. The molecule has 1 aromatic heterocycles. The van der Waals surface area contributed by atoms with E-state index in [1.54, 1.807) is 44.4 Å². The molecule has 162 valence electrons. The SMILES string of the molecule is C[C@@H]1O[C@@H](C)CN(S(=O)(=O)c2ccc(OCc3cccnc3)cc2)[C@@H]1OC(=O)NO. The lowest BCUT2D eigenvalue weighted by Gasteiger charge is -2.40.